The zero-order valence-corrected chi connectivity index (χ0v) is 8.34. The lowest BCUT2D eigenvalue weighted by atomic mass is 10.0. The first-order chi connectivity index (χ1) is 7.27. The van der Waals surface area contributed by atoms with Gasteiger partial charge in [-0.15, -0.1) is 0 Å². The van der Waals surface area contributed by atoms with Crippen molar-refractivity contribution in [3.63, 3.8) is 0 Å². The van der Waals surface area contributed by atoms with Gasteiger partial charge in [0.25, 0.3) is 5.69 Å². The maximum absolute atomic E-state index is 12.5. The zero-order valence-electron chi connectivity index (χ0n) is 8.34. The van der Waals surface area contributed by atoms with Crippen molar-refractivity contribution in [2.24, 2.45) is 5.73 Å². The smallest absolute Gasteiger partial charge is 0.326 e. The summed E-state index contributed by atoms with van der Waals surface area (Å²) in [5.41, 5.74) is 3.70. The SMILES string of the molecule is Cc1cc(C(F)(F)F)c([N+](=O)[O-])cc1CN. The molecule has 0 radical (unpaired) electrons. The van der Waals surface area contributed by atoms with Crippen LogP contribution in [0.25, 0.3) is 0 Å². The van der Waals surface area contributed by atoms with E-state index in [1.807, 2.05) is 0 Å². The highest BCUT2D eigenvalue weighted by atomic mass is 19.4. The number of nitro benzene ring substituents is 1. The summed E-state index contributed by atoms with van der Waals surface area (Å²) in [6, 6.07) is 1.62. The molecule has 0 fully saturated rings. The maximum Gasteiger partial charge on any atom is 0.423 e. The minimum Gasteiger partial charge on any atom is -0.326 e. The molecule has 7 heteroatoms. The Morgan fingerprint density at radius 3 is 2.38 bits per heavy atom. The second kappa shape index (κ2) is 4.09. The van der Waals surface area contributed by atoms with Gasteiger partial charge in [-0.1, -0.05) is 0 Å². The van der Waals surface area contributed by atoms with Gasteiger partial charge in [0.1, 0.15) is 5.56 Å². The predicted octanol–water partition coefficient (Wildman–Crippen LogP) is 2.38. The van der Waals surface area contributed by atoms with Crippen molar-refractivity contribution >= 4 is 5.69 Å². The molecule has 0 atom stereocenters. The molecule has 0 aromatic heterocycles. The summed E-state index contributed by atoms with van der Waals surface area (Å²) in [5.74, 6) is 0. The topological polar surface area (TPSA) is 69.2 Å². The number of nitro groups is 1. The summed E-state index contributed by atoms with van der Waals surface area (Å²) >= 11 is 0. The standard InChI is InChI=1S/C9H9F3N2O2/c1-5-2-7(9(10,11)12)8(14(15)16)3-6(5)4-13/h2-3H,4,13H2,1H3. The molecule has 0 aliphatic carbocycles. The molecule has 1 aromatic rings. The second-order valence-corrected chi connectivity index (χ2v) is 3.25. The van der Waals surface area contributed by atoms with E-state index in [2.05, 4.69) is 0 Å². The van der Waals surface area contributed by atoms with Gasteiger partial charge in [-0.3, -0.25) is 10.1 Å². The van der Waals surface area contributed by atoms with Gasteiger partial charge < -0.3 is 5.73 Å². The van der Waals surface area contributed by atoms with Crippen LogP contribution in [-0.2, 0) is 12.7 Å². The number of alkyl halides is 3. The Kier molecular flexibility index (Phi) is 3.18. The Morgan fingerprint density at radius 1 is 1.44 bits per heavy atom. The van der Waals surface area contributed by atoms with E-state index in [0.717, 1.165) is 12.1 Å². The molecule has 16 heavy (non-hydrogen) atoms. The molecule has 4 nitrogen and oxygen atoms in total. The van der Waals surface area contributed by atoms with Crippen LogP contribution >= 0.6 is 0 Å². The summed E-state index contributed by atoms with van der Waals surface area (Å²) in [4.78, 5) is 9.46. The second-order valence-electron chi connectivity index (χ2n) is 3.25. The molecule has 0 bridgehead atoms. The number of benzene rings is 1. The Balaban J connectivity index is 3.49. The van der Waals surface area contributed by atoms with Gasteiger partial charge in [0.2, 0.25) is 0 Å². The van der Waals surface area contributed by atoms with Crippen LogP contribution in [-0.4, -0.2) is 4.92 Å². The molecule has 1 rings (SSSR count). The number of nitrogens with zero attached hydrogens (tertiary/aromatic N) is 1. The minimum atomic E-state index is -4.74. The lowest BCUT2D eigenvalue weighted by Crippen LogP contribution is -2.11. The van der Waals surface area contributed by atoms with Gasteiger partial charge >= 0.3 is 6.18 Å². The van der Waals surface area contributed by atoms with Gasteiger partial charge in [-0.25, -0.2) is 0 Å². The average Bonchev–Trinajstić information content (AvgIpc) is 2.15. The van der Waals surface area contributed by atoms with E-state index in [4.69, 9.17) is 5.73 Å². The molecular formula is C9H9F3N2O2. The van der Waals surface area contributed by atoms with Crippen LogP contribution in [0.4, 0.5) is 18.9 Å². The van der Waals surface area contributed by atoms with Crippen molar-refractivity contribution in [3.05, 3.63) is 38.9 Å². The van der Waals surface area contributed by atoms with E-state index in [1.54, 1.807) is 0 Å². The molecule has 2 N–H and O–H groups in total. The Morgan fingerprint density at radius 2 is 2.00 bits per heavy atom. The average molecular weight is 234 g/mol. The molecule has 1 aromatic carbocycles. The van der Waals surface area contributed by atoms with Crippen molar-refractivity contribution < 1.29 is 18.1 Å². The third-order valence-electron chi connectivity index (χ3n) is 2.18. The minimum absolute atomic E-state index is 0.0369. The van der Waals surface area contributed by atoms with E-state index in [9.17, 15) is 23.3 Å². The van der Waals surface area contributed by atoms with Crippen LogP contribution in [0.5, 0.6) is 0 Å². The van der Waals surface area contributed by atoms with Crippen LogP contribution in [0.15, 0.2) is 12.1 Å². The lowest BCUT2D eigenvalue weighted by Gasteiger charge is -2.10. The fourth-order valence-electron chi connectivity index (χ4n) is 1.34. The van der Waals surface area contributed by atoms with Crippen LogP contribution in [0.1, 0.15) is 16.7 Å². The Hall–Kier alpha value is -1.63. The number of halogens is 3. The molecular weight excluding hydrogens is 225 g/mol. The summed E-state index contributed by atoms with van der Waals surface area (Å²) in [6.07, 6.45) is -4.74. The molecule has 0 spiro atoms. The van der Waals surface area contributed by atoms with E-state index in [-0.39, 0.29) is 6.54 Å². The highest BCUT2D eigenvalue weighted by molar-refractivity contribution is 5.48. The first-order valence-corrected chi connectivity index (χ1v) is 4.32. The van der Waals surface area contributed by atoms with Crippen LogP contribution in [0.3, 0.4) is 0 Å². The zero-order chi connectivity index (χ0) is 12.5. The van der Waals surface area contributed by atoms with Crippen LogP contribution < -0.4 is 5.73 Å². The highest BCUT2D eigenvalue weighted by Crippen LogP contribution is 2.37. The molecule has 0 unspecified atom stereocenters. The largest absolute Gasteiger partial charge is 0.423 e. The van der Waals surface area contributed by atoms with Crippen LogP contribution in [0.2, 0.25) is 0 Å². The lowest BCUT2D eigenvalue weighted by molar-refractivity contribution is -0.388. The van der Waals surface area contributed by atoms with Crippen molar-refractivity contribution in [1.29, 1.82) is 0 Å². The van der Waals surface area contributed by atoms with E-state index in [0.29, 0.717) is 11.1 Å². The molecule has 88 valence electrons. The van der Waals surface area contributed by atoms with E-state index >= 15 is 0 Å². The Labute approximate surface area is 89.0 Å². The van der Waals surface area contributed by atoms with Crippen molar-refractivity contribution in [2.75, 3.05) is 0 Å². The molecule has 0 saturated carbocycles. The summed E-state index contributed by atoms with van der Waals surface area (Å²) in [7, 11) is 0. The first kappa shape index (κ1) is 12.4. The normalized spacial score (nSPS) is 11.6. The monoisotopic (exact) mass is 234 g/mol. The van der Waals surface area contributed by atoms with Gasteiger partial charge in [0.15, 0.2) is 0 Å². The first-order valence-electron chi connectivity index (χ1n) is 4.32. The van der Waals surface area contributed by atoms with E-state index in [1.165, 1.54) is 6.92 Å². The van der Waals surface area contributed by atoms with E-state index < -0.39 is 22.4 Å². The molecule has 0 heterocycles. The predicted molar refractivity (Wildman–Crippen MR) is 50.7 cm³/mol. The summed E-state index contributed by atoms with van der Waals surface area (Å²) < 4.78 is 37.5. The maximum atomic E-state index is 12.5. The quantitative estimate of drug-likeness (QED) is 0.630. The molecule has 0 aliphatic heterocycles. The number of aryl methyl sites for hydroxylation is 1. The van der Waals surface area contributed by atoms with Gasteiger partial charge in [-0.05, 0) is 24.1 Å². The third kappa shape index (κ3) is 2.30. The molecule has 0 saturated heterocycles. The summed E-state index contributed by atoms with van der Waals surface area (Å²) in [5, 5.41) is 10.5. The van der Waals surface area contributed by atoms with Crippen molar-refractivity contribution in [3.8, 4) is 0 Å². The molecule has 0 amide bonds. The van der Waals surface area contributed by atoms with Crippen LogP contribution in [0, 0.1) is 17.0 Å². The number of rotatable bonds is 2. The van der Waals surface area contributed by atoms with Gasteiger partial charge in [0, 0.05) is 12.6 Å². The van der Waals surface area contributed by atoms with Crippen molar-refractivity contribution in [2.45, 2.75) is 19.6 Å². The fraction of sp³-hybridized carbons (Fsp3) is 0.333. The highest BCUT2D eigenvalue weighted by Gasteiger charge is 2.38. The number of hydrogen-bond donors (Lipinski definition) is 1. The van der Waals surface area contributed by atoms with Crippen molar-refractivity contribution in [1.82, 2.24) is 0 Å². The fourth-order valence-corrected chi connectivity index (χ4v) is 1.34. The van der Waals surface area contributed by atoms with Gasteiger partial charge in [-0.2, -0.15) is 13.2 Å². The number of nitrogens with two attached hydrogens (primary N) is 1. The molecule has 0 aliphatic rings. The number of hydrogen-bond acceptors (Lipinski definition) is 3. The van der Waals surface area contributed by atoms with Gasteiger partial charge in [0.05, 0.1) is 4.92 Å². The third-order valence-corrected chi connectivity index (χ3v) is 2.18. The Bertz CT molecular complexity index is 429. The summed E-state index contributed by atoms with van der Waals surface area (Å²) in [6.45, 7) is 1.39.